The topological polar surface area (TPSA) is 15.7 Å². The van der Waals surface area contributed by atoms with Gasteiger partial charge < -0.3 is 9.64 Å². The van der Waals surface area contributed by atoms with Crippen molar-refractivity contribution < 1.29 is 4.74 Å². The first-order valence-corrected chi connectivity index (χ1v) is 7.48. The third-order valence-electron chi connectivity index (χ3n) is 4.16. The summed E-state index contributed by atoms with van der Waals surface area (Å²) in [6.45, 7) is 8.99. The van der Waals surface area contributed by atoms with Gasteiger partial charge in [0.05, 0.1) is 6.10 Å². The number of nitrogens with zero attached hydrogens (tertiary/aromatic N) is 2. The van der Waals surface area contributed by atoms with E-state index in [4.69, 9.17) is 4.74 Å². The van der Waals surface area contributed by atoms with Crippen LogP contribution in [0.3, 0.4) is 0 Å². The number of anilines is 1. The Morgan fingerprint density at radius 2 is 1.89 bits per heavy atom. The van der Waals surface area contributed by atoms with Crippen molar-refractivity contribution in [3.05, 3.63) is 24.3 Å². The van der Waals surface area contributed by atoms with Crippen molar-refractivity contribution in [1.29, 1.82) is 0 Å². The Bertz CT molecular complexity index is 415. The molecule has 1 unspecified atom stereocenters. The van der Waals surface area contributed by atoms with E-state index in [2.05, 4.69) is 47.9 Å². The van der Waals surface area contributed by atoms with Gasteiger partial charge in [0.25, 0.3) is 0 Å². The van der Waals surface area contributed by atoms with Gasteiger partial charge in [0, 0.05) is 31.4 Å². The van der Waals surface area contributed by atoms with Crippen LogP contribution in [-0.4, -0.2) is 43.2 Å². The van der Waals surface area contributed by atoms with Crippen molar-refractivity contribution in [2.24, 2.45) is 0 Å². The third kappa shape index (κ3) is 2.86. The molecule has 0 aliphatic carbocycles. The fourth-order valence-corrected chi connectivity index (χ4v) is 3.23. The summed E-state index contributed by atoms with van der Waals surface area (Å²) in [6, 6.07) is 9.36. The highest BCUT2D eigenvalue weighted by atomic mass is 16.5. The largest absolute Gasteiger partial charge is 0.491 e. The Morgan fingerprint density at radius 3 is 2.63 bits per heavy atom. The minimum atomic E-state index is 0.243. The van der Waals surface area contributed by atoms with Gasteiger partial charge in [-0.25, -0.2) is 0 Å². The first-order chi connectivity index (χ1) is 9.22. The monoisotopic (exact) mass is 260 g/mol. The van der Waals surface area contributed by atoms with E-state index in [9.17, 15) is 0 Å². The van der Waals surface area contributed by atoms with E-state index in [1.54, 1.807) is 0 Å². The minimum absolute atomic E-state index is 0.243. The zero-order valence-corrected chi connectivity index (χ0v) is 12.0. The fraction of sp³-hybridized carbons (Fsp3) is 0.625. The lowest BCUT2D eigenvalue weighted by molar-refractivity contribution is 0.230. The summed E-state index contributed by atoms with van der Waals surface area (Å²) in [6.07, 6.45) is 2.98. The van der Waals surface area contributed by atoms with E-state index in [0.717, 1.165) is 18.3 Å². The number of ether oxygens (including phenoxy) is 1. The number of fused-ring (bicyclic) bond motifs is 1. The standard InChI is InChI=1S/C16H24N2O/c1-13(2)19-16-7-5-14(6-8-16)18-11-10-17-9-3-4-15(17)12-18/h5-8,13,15H,3-4,9-12H2,1-2H3. The summed E-state index contributed by atoms with van der Waals surface area (Å²) < 4.78 is 5.70. The molecule has 19 heavy (non-hydrogen) atoms. The molecular weight excluding hydrogens is 236 g/mol. The predicted molar refractivity (Wildman–Crippen MR) is 79.0 cm³/mol. The molecule has 0 saturated carbocycles. The molecule has 104 valence electrons. The second-order valence-corrected chi connectivity index (χ2v) is 5.94. The zero-order valence-electron chi connectivity index (χ0n) is 12.0. The van der Waals surface area contributed by atoms with Crippen LogP contribution in [-0.2, 0) is 0 Å². The van der Waals surface area contributed by atoms with E-state index in [1.807, 2.05) is 0 Å². The Balaban J connectivity index is 1.65. The molecule has 3 rings (SSSR count). The maximum atomic E-state index is 5.70. The Labute approximate surface area is 116 Å². The van der Waals surface area contributed by atoms with Gasteiger partial charge in [0.2, 0.25) is 0 Å². The molecule has 1 atom stereocenters. The second-order valence-electron chi connectivity index (χ2n) is 5.94. The lowest BCUT2D eigenvalue weighted by Gasteiger charge is -2.38. The van der Waals surface area contributed by atoms with E-state index in [-0.39, 0.29) is 6.10 Å². The van der Waals surface area contributed by atoms with Crippen molar-refractivity contribution in [3.8, 4) is 5.75 Å². The minimum Gasteiger partial charge on any atom is -0.491 e. The second kappa shape index (κ2) is 5.41. The SMILES string of the molecule is CC(C)Oc1ccc(N2CCN3CCCC3C2)cc1. The molecule has 2 aliphatic rings. The highest BCUT2D eigenvalue weighted by Gasteiger charge is 2.30. The quantitative estimate of drug-likeness (QED) is 0.831. The van der Waals surface area contributed by atoms with Crippen LogP contribution in [0.1, 0.15) is 26.7 Å². The van der Waals surface area contributed by atoms with E-state index in [0.29, 0.717) is 0 Å². The van der Waals surface area contributed by atoms with Crippen LogP contribution in [0.4, 0.5) is 5.69 Å². The lowest BCUT2D eigenvalue weighted by atomic mass is 10.1. The molecule has 1 aromatic carbocycles. The summed E-state index contributed by atoms with van der Waals surface area (Å²) in [7, 11) is 0. The molecule has 0 N–H and O–H groups in total. The number of hydrogen-bond acceptors (Lipinski definition) is 3. The van der Waals surface area contributed by atoms with E-state index >= 15 is 0 Å². The molecule has 2 aliphatic heterocycles. The molecular formula is C16H24N2O. The van der Waals surface area contributed by atoms with Crippen molar-refractivity contribution in [2.75, 3.05) is 31.1 Å². The molecule has 2 fully saturated rings. The highest BCUT2D eigenvalue weighted by molar-refractivity contribution is 5.49. The summed E-state index contributed by atoms with van der Waals surface area (Å²) in [5, 5.41) is 0. The first kappa shape index (κ1) is 12.8. The summed E-state index contributed by atoms with van der Waals surface area (Å²) in [5.41, 5.74) is 1.34. The molecule has 0 amide bonds. The van der Waals surface area contributed by atoms with Gasteiger partial charge in [-0.15, -0.1) is 0 Å². The van der Waals surface area contributed by atoms with Gasteiger partial charge >= 0.3 is 0 Å². The molecule has 0 bridgehead atoms. The summed E-state index contributed by atoms with van der Waals surface area (Å²) in [5.74, 6) is 0.971. The third-order valence-corrected chi connectivity index (χ3v) is 4.16. The van der Waals surface area contributed by atoms with Gasteiger partial charge in [-0.05, 0) is 57.5 Å². The maximum absolute atomic E-state index is 5.70. The Kier molecular flexibility index (Phi) is 3.65. The number of benzene rings is 1. The maximum Gasteiger partial charge on any atom is 0.119 e. The van der Waals surface area contributed by atoms with Gasteiger partial charge in [-0.3, -0.25) is 4.90 Å². The van der Waals surface area contributed by atoms with Crippen LogP contribution in [0.5, 0.6) is 5.75 Å². The van der Waals surface area contributed by atoms with Gasteiger partial charge in [0.1, 0.15) is 5.75 Å². The Morgan fingerprint density at radius 1 is 1.11 bits per heavy atom. The van der Waals surface area contributed by atoms with Gasteiger partial charge in [-0.1, -0.05) is 0 Å². The van der Waals surface area contributed by atoms with Crippen molar-refractivity contribution in [1.82, 2.24) is 4.90 Å². The van der Waals surface area contributed by atoms with Crippen molar-refractivity contribution in [3.63, 3.8) is 0 Å². The van der Waals surface area contributed by atoms with Gasteiger partial charge in [-0.2, -0.15) is 0 Å². The van der Waals surface area contributed by atoms with Crippen LogP contribution in [0, 0.1) is 0 Å². The molecule has 3 heteroatoms. The van der Waals surface area contributed by atoms with Gasteiger partial charge in [0.15, 0.2) is 0 Å². The van der Waals surface area contributed by atoms with Crippen molar-refractivity contribution in [2.45, 2.75) is 38.8 Å². The average molecular weight is 260 g/mol. The average Bonchev–Trinajstić information content (AvgIpc) is 2.86. The van der Waals surface area contributed by atoms with E-state index < -0.39 is 0 Å². The van der Waals surface area contributed by atoms with Crippen LogP contribution in [0.2, 0.25) is 0 Å². The van der Waals surface area contributed by atoms with Crippen LogP contribution < -0.4 is 9.64 Å². The Hall–Kier alpha value is -1.22. The van der Waals surface area contributed by atoms with Crippen LogP contribution in [0.15, 0.2) is 24.3 Å². The smallest absolute Gasteiger partial charge is 0.119 e. The highest BCUT2D eigenvalue weighted by Crippen LogP contribution is 2.26. The molecule has 3 nitrogen and oxygen atoms in total. The summed E-state index contributed by atoms with van der Waals surface area (Å²) in [4.78, 5) is 5.17. The zero-order chi connectivity index (χ0) is 13.2. The molecule has 1 aromatic rings. The predicted octanol–water partition coefficient (Wildman–Crippen LogP) is 2.76. The van der Waals surface area contributed by atoms with Crippen molar-refractivity contribution >= 4 is 5.69 Å². The molecule has 0 radical (unpaired) electrons. The first-order valence-electron chi connectivity index (χ1n) is 7.48. The molecule has 0 aromatic heterocycles. The summed E-state index contributed by atoms with van der Waals surface area (Å²) >= 11 is 0. The number of hydrogen-bond donors (Lipinski definition) is 0. The molecule has 0 spiro atoms. The molecule has 2 saturated heterocycles. The van der Waals surface area contributed by atoms with E-state index in [1.165, 1.54) is 38.2 Å². The number of piperazine rings is 1. The van der Waals surface area contributed by atoms with Crippen LogP contribution >= 0.6 is 0 Å². The van der Waals surface area contributed by atoms with Crippen LogP contribution in [0.25, 0.3) is 0 Å². The fourth-order valence-electron chi connectivity index (χ4n) is 3.23. The molecule has 2 heterocycles. The lowest BCUT2D eigenvalue weighted by Crippen LogP contribution is -2.50. The normalized spacial score (nSPS) is 23.7. The number of rotatable bonds is 3.